The molecule has 1 rings (SSSR count). The molecule has 1 aliphatic heterocycles. The summed E-state index contributed by atoms with van der Waals surface area (Å²) in [4.78, 5) is 0. The Bertz CT molecular complexity index is 156. The van der Waals surface area contributed by atoms with Crippen molar-refractivity contribution in [3.05, 3.63) is 0 Å². The normalized spacial score (nSPS) is 21.8. The van der Waals surface area contributed by atoms with Gasteiger partial charge in [0.15, 0.2) is 5.79 Å². The summed E-state index contributed by atoms with van der Waals surface area (Å²) < 4.78 is 11.3. The molecule has 2 nitrogen and oxygen atoms in total. The molecular formula is C13H26O2. The van der Waals surface area contributed by atoms with Gasteiger partial charge in [0.1, 0.15) is 0 Å². The Kier molecular flexibility index (Phi) is 5.62. The van der Waals surface area contributed by atoms with Crippen LogP contribution in [0, 0.1) is 5.92 Å². The number of unbranched alkanes of at least 4 members (excludes halogenated alkanes) is 4. The summed E-state index contributed by atoms with van der Waals surface area (Å²) in [5, 5.41) is 0. The summed E-state index contributed by atoms with van der Waals surface area (Å²) in [6, 6.07) is 0. The fraction of sp³-hybridized carbons (Fsp3) is 1.00. The molecule has 2 heteroatoms. The van der Waals surface area contributed by atoms with E-state index >= 15 is 0 Å². The Labute approximate surface area is 94.3 Å². The molecule has 90 valence electrons. The van der Waals surface area contributed by atoms with Gasteiger partial charge in [0.05, 0.1) is 13.2 Å². The van der Waals surface area contributed by atoms with E-state index in [2.05, 4.69) is 6.92 Å². The molecule has 0 N–H and O–H groups in total. The molecule has 0 radical (unpaired) electrons. The highest BCUT2D eigenvalue weighted by atomic mass is 16.7. The van der Waals surface area contributed by atoms with Gasteiger partial charge in [0.25, 0.3) is 0 Å². The topological polar surface area (TPSA) is 18.5 Å². The van der Waals surface area contributed by atoms with E-state index in [9.17, 15) is 0 Å². The summed E-state index contributed by atoms with van der Waals surface area (Å²) in [6.07, 6.45) is 8.05. The van der Waals surface area contributed by atoms with Crippen LogP contribution in [-0.2, 0) is 9.47 Å². The summed E-state index contributed by atoms with van der Waals surface area (Å²) in [5.74, 6) is 0.276. The fourth-order valence-corrected chi connectivity index (χ4v) is 1.93. The standard InChI is InChI=1S/C13H26O2/c1-4-5-6-7-8-9-12-10-14-13(2,3)15-11-12/h12H,4-11H2,1-3H3. The fourth-order valence-electron chi connectivity index (χ4n) is 1.93. The Morgan fingerprint density at radius 3 is 2.20 bits per heavy atom. The van der Waals surface area contributed by atoms with Crippen molar-refractivity contribution in [3.63, 3.8) is 0 Å². The van der Waals surface area contributed by atoms with Gasteiger partial charge in [-0.15, -0.1) is 0 Å². The molecule has 1 fully saturated rings. The van der Waals surface area contributed by atoms with E-state index in [0.717, 1.165) is 13.2 Å². The number of rotatable bonds is 6. The van der Waals surface area contributed by atoms with Gasteiger partial charge in [0, 0.05) is 5.92 Å². The van der Waals surface area contributed by atoms with Crippen LogP contribution in [0.15, 0.2) is 0 Å². The molecule has 1 heterocycles. The van der Waals surface area contributed by atoms with Crippen molar-refractivity contribution in [1.29, 1.82) is 0 Å². The maximum absolute atomic E-state index is 5.63. The number of hydrogen-bond acceptors (Lipinski definition) is 2. The zero-order valence-electron chi connectivity index (χ0n) is 10.6. The first-order chi connectivity index (χ1) is 7.14. The Balaban J connectivity index is 1.99. The predicted octanol–water partition coefficient (Wildman–Crippen LogP) is 3.75. The molecular weight excluding hydrogens is 188 g/mol. The van der Waals surface area contributed by atoms with Crippen LogP contribution in [0.25, 0.3) is 0 Å². The van der Waals surface area contributed by atoms with Crippen molar-refractivity contribution in [2.45, 2.75) is 65.1 Å². The van der Waals surface area contributed by atoms with Gasteiger partial charge >= 0.3 is 0 Å². The van der Waals surface area contributed by atoms with Gasteiger partial charge in [-0.05, 0) is 20.3 Å². The quantitative estimate of drug-likeness (QED) is 0.627. The first-order valence-electron chi connectivity index (χ1n) is 6.42. The largest absolute Gasteiger partial charge is 0.350 e. The number of hydrogen-bond donors (Lipinski definition) is 0. The first kappa shape index (κ1) is 13.0. The molecule has 0 unspecified atom stereocenters. The lowest BCUT2D eigenvalue weighted by molar-refractivity contribution is -0.262. The third kappa shape index (κ3) is 5.53. The van der Waals surface area contributed by atoms with Crippen molar-refractivity contribution in [2.24, 2.45) is 5.92 Å². The lowest BCUT2D eigenvalue weighted by atomic mass is 10.0. The molecule has 0 atom stereocenters. The van der Waals surface area contributed by atoms with Crippen molar-refractivity contribution in [2.75, 3.05) is 13.2 Å². The zero-order valence-corrected chi connectivity index (χ0v) is 10.6. The Morgan fingerprint density at radius 1 is 1.00 bits per heavy atom. The van der Waals surface area contributed by atoms with Gasteiger partial charge in [-0.1, -0.05) is 39.0 Å². The minimum Gasteiger partial charge on any atom is -0.350 e. The molecule has 0 saturated carbocycles. The molecule has 0 aliphatic carbocycles. The maximum Gasteiger partial charge on any atom is 0.162 e. The van der Waals surface area contributed by atoms with E-state index in [0.29, 0.717) is 5.92 Å². The van der Waals surface area contributed by atoms with Gasteiger partial charge in [0.2, 0.25) is 0 Å². The SMILES string of the molecule is CCCCCCCC1COC(C)(C)OC1. The molecule has 1 saturated heterocycles. The van der Waals surface area contributed by atoms with Crippen LogP contribution in [0.3, 0.4) is 0 Å². The van der Waals surface area contributed by atoms with E-state index in [1.165, 1.54) is 38.5 Å². The summed E-state index contributed by atoms with van der Waals surface area (Å²) >= 11 is 0. The molecule has 0 spiro atoms. The smallest absolute Gasteiger partial charge is 0.162 e. The average molecular weight is 214 g/mol. The zero-order chi connectivity index (χ0) is 11.1. The number of ether oxygens (including phenoxy) is 2. The summed E-state index contributed by atoms with van der Waals surface area (Å²) in [6.45, 7) is 7.99. The molecule has 0 amide bonds. The van der Waals surface area contributed by atoms with Crippen molar-refractivity contribution in [1.82, 2.24) is 0 Å². The van der Waals surface area contributed by atoms with Crippen molar-refractivity contribution in [3.8, 4) is 0 Å². The molecule has 0 aromatic heterocycles. The molecule has 0 bridgehead atoms. The third-order valence-electron chi connectivity index (χ3n) is 3.05. The van der Waals surface area contributed by atoms with E-state index in [1.807, 2.05) is 13.8 Å². The molecule has 15 heavy (non-hydrogen) atoms. The lowest BCUT2D eigenvalue weighted by Crippen LogP contribution is -2.39. The third-order valence-corrected chi connectivity index (χ3v) is 3.05. The summed E-state index contributed by atoms with van der Waals surface area (Å²) in [7, 11) is 0. The second-order valence-electron chi connectivity index (χ2n) is 5.09. The molecule has 0 aromatic carbocycles. The van der Waals surface area contributed by atoms with Crippen LogP contribution in [0.1, 0.15) is 59.3 Å². The second kappa shape index (κ2) is 6.49. The minimum atomic E-state index is -0.349. The molecule has 1 aliphatic rings. The highest BCUT2D eigenvalue weighted by Crippen LogP contribution is 2.23. The average Bonchev–Trinajstić information content (AvgIpc) is 2.20. The van der Waals surface area contributed by atoms with Crippen LogP contribution in [0.2, 0.25) is 0 Å². The van der Waals surface area contributed by atoms with Crippen molar-refractivity contribution < 1.29 is 9.47 Å². The highest BCUT2D eigenvalue weighted by Gasteiger charge is 2.27. The van der Waals surface area contributed by atoms with E-state index in [4.69, 9.17) is 9.47 Å². The molecule has 0 aromatic rings. The van der Waals surface area contributed by atoms with Crippen molar-refractivity contribution >= 4 is 0 Å². The van der Waals surface area contributed by atoms with E-state index in [-0.39, 0.29) is 5.79 Å². The van der Waals surface area contributed by atoms with Crippen LogP contribution in [0.5, 0.6) is 0 Å². The highest BCUT2D eigenvalue weighted by molar-refractivity contribution is 4.67. The maximum atomic E-state index is 5.63. The van der Waals surface area contributed by atoms with Crippen LogP contribution >= 0.6 is 0 Å². The van der Waals surface area contributed by atoms with E-state index in [1.54, 1.807) is 0 Å². The van der Waals surface area contributed by atoms with Gasteiger partial charge in [-0.2, -0.15) is 0 Å². The lowest BCUT2D eigenvalue weighted by Gasteiger charge is -2.35. The Hall–Kier alpha value is -0.0800. The van der Waals surface area contributed by atoms with Crippen LogP contribution in [-0.4, -0.2) is 19.0 Å². The van der Waals surface area contributed by atoms with Gasteiger partial charge in [-0.3, -0.25) is 0 Å². The van der Waals surface area contributed by atoms with Crippen LogP contribution in [0.4, 0.5) is 0 Å². The van der Waals surface area contributed by atoms with E-state index < -0.39 is 0 Å². The monoisotopic (exact) mass is 214 g/mol. The first-order valence-corrected chi connectivity index (χ1v) is 6.42. The predicted molar refractivity (Wildman–Crippen MR) is 62.8 cm³/mol. The summed E-state index contributed by atoms with van der Waals surface area (Å²) in [5.41, 5.74) is 0. The van der Waals surface area contributed by atoms with Crippen LogP contribution < -0.4 is 0 Å². The van der Waals surface area contributed by atoms with Gasteiger partial charge in [-0.25, -0.2) is 0 Å². The second-order valence-corrected chi connectivity index (χ2v) is 5.09. The Morgan fingerprint density at radius 2 is 1.60 bits per heavy atom. The van der Waals surface area contributed by atoms with Gasteiger partial charge < -0.3 is 9.47 Å². The minimum absolute atomic E-state index is 0.349.